The van der Waals surface area contributed by atoms with Crippen LogP contribution in [0.4, 0.5) is 14.6 Å². The second-order valence-corrected chi connectivity index (χ2v) is 4.59. The lowest BCUT2D eigenvalue weighted by Gasteiger charge is -2.04. The molecule has 17 heavy (non-hydrogen) atoms. The van der Waals surface area contributed by atoms with Crippen molar-refractivity contribution in [2.45, 2.75) is 6.42 Å². The molecule has 0 bridgehead atoms. The molecule has 0 saturated carbocycles. The summed E-state index contributed by atoms with van der Waals surface area (Å²) < 4.78 is 26.8. The number of nitrogens with two attached hydrogens (primary N) is 1. The van der Waals surface area contributed by atoms with Crippen molar-refractivity contribution < 1.29 is 8.78 Å². The lowest BCUT2D eigenvalue weighted by molar-refractivity contribution is 0.573. The Morgan fingerprint density at radius 2 is 2.06 bits per heavy atom. The molecule has 1 aromatic carbocycles. The van der Waals surface area contributed by atoms with Gasteiger partial charge in [0, 0.05) is 18.7 Å². The maximum atomic E-state index is 13.4. The normalized spacial score (nSPS) is 10.5. The van der Waals surface area contributed by atoms with Gasteiger partial charge in [-0.1, -0.05) is 6.07 Å². The first-order chi connectivity index (χ1) is 8.06. The molecule has 3 nitrogen and oxygen atoms in total. The van der Waals surface area contributed by atoms with Crippen LogP contribution in [-0.4, -0.2) is 9.97 Å². The van der Waals surface area contributed by atoms with E-state index >= 15 is 0 Å². The van der Waals surface area contributed by atoms with Crippen molar-refractivity contribution in [3.63, 3.8) is 0 Å². The molecule has 0 fully saturated rings. The molecule has 0 amide bonds. The molecular formula is C11H8F2IN3. The summed E-state index contributed by atoms with van der Waals surface area (Å²) in [5.41, 5.74) is 5.96. The van der Waals surface area contributed by atoms with Crippen LogP contribution in [0.3, 0.4) is 0 Å². The maximum absolute atomic E-state index is 13.4. The van der Waals surface area contributed by atoms with Gasteiger partial charge in [0.05, 0.1) is 3.57 Å². The van der Waals surface area contributed by atoms with Gasteiger partial charge in [-0.25, -0.2) is 18.7 Å². The topological polar surface area (TPSA) is 51.8 Å². The van der Waals surface area contributed by atoms with E-state index in [1.165, 1.54) is 12.1 Å². The molecule has 2 aromatic rings. The van der Waals surface area contributed by atoms with E-state index in [-0.39, 0.29) is 6.42 Å². The van der Waals surface area contributed by atoms with Crippen LogP contribution in [-0.2, 0) is 6.42 Å². The molecule has 1 aromatic heterocycles. The summed E-state index contributed by atoms with van der Waals surface area (Å²) in [6.45, 7) is 0. The summed E-state index contributed by atoms with van der Waals surface area (Å²) in [7, 11) is 0. The van der Waals surface area contributed by atoms with Crippen LogP contribution in [0.25, 0.3) is 0 Å². The van der Waals surface area contributed by atoms with E-state index < -0.39 is 11.6 Å². The molecule has 0 unspecified atom stereocenters. The van der Waals surface area contributed by atoms with Crippen LogP contribution in [0.5, 0.6) is 0 Å². The highest BCUT2D eigenvalue weighted by Gasteiger charge is 2.08. The fourth-order valence-electron chi connectivity index (χ4n) is 1.34. The van der Waals surface area contributed by atoms with Crippen molar-refractivity contribution in [1.82, 2.24) is 9.97 Å². The number of aromatic nitrogens is 2. The molecule has 1 heterocycles. The highest BCUT2D eigenvalue weighted by atomic mass is 127. The van der Waals surface area contributed by atoms with Gasteiger partial charge in [-0.05, 0) is 34.2 Å². The van der Waals surface area contributed by atoms with Gasteiger partial charge in [0.2, 0.25) is 0 Å². The lowest BCUT2D eigenvalue weighted by Crippen LogP contribution is -2.03. The number of benzene rings is 1. The van der Waals surface area contributed by atoms with Gasteiger partial charge in [0.25, 0.3) is 0 Å². The molecule has 0 aliphatic carbocycles. The third-order valence-electron chi connectivity index (χ3n) is 2.18. The minimum absolute atomic E-state index is 0.188. The van der Waals surface area contributed by atoms with Gasteiger partial charge in [-0.2, -0.15) is 0 Å². The Labute approximate surface area is 110 Å². The van der Waals surface area contributed by atoms with Crippen LogP contribution < -0.4 is 5.73 Å². The van der Waals surface area contributed by atoms with E-state index in [1.807, 2.05) is 22.6 Å². The Bertz CT molecular complexity index is 560. The highest BCUT2D eigenvalue weighted by Crippen LogP contribution is 2.15. The summed E-state index contributed by atoms with van der Waals surface area (Å²) in [5, 5.41) is 0. The number of hydrogen-bond donors (Lipinski definition) is 1. The summed E-state index contributed by atoms with van der Waals surface area (Å²) in [6.07, 6.45) is 1.76. The number of nitrogens with zero attached hydrogens (tertiary/aromatic N) is 2. The fraction of sp³-hybridized carbons (Fsp3) is 0.0909. The molecule has 0 aliphatic rings. The first-order valence-electron chi connectivity index (χ1n) is 4.77. The Hall–Kier alpha value is -1.31. The Kier molecular flexibility index (Phi) is 3.51. The van der Waals surface area contributed by atoms with Crippen LogP contribution in [0.2, 0.25) is 0 Å². The molecular weight excluding hydrogens is 339 g/mol. The molecule has 2 rings (SSSR count). The van der Waals surface area contributed by atoms with Crippen molar-refractivity contribution in [3.05, 3.63) is 51.0 Å². The molecule has 6 heteroatoms. The maximum Gasteiger partial charge on any atom is 0.140 e. The van der Waals surface area contributed by atoms with Gasteiger partial charge in [-0.15, -0.1) is 0 Å². The number of anilines is 1. The van der Waals surface area contributed by atoms with Crippen molar-refractivity contribution in [3.8, 4) is 0 Å². The molecule has 0 saturated heterocycles. The van der Waals surface area contributed by atoms with Crippen molar-refractivity contribution in [2.24, 2.45) is 0 Å². The van der Waals surface area contributed by atoms with Crippen LogP contribution >= 0.6 is 22.6 Å². The van der Waals surface area contributed by atoms with Gasteiger partial charge < -0.3 is 5.73 Å². The quantitative estimate of drug-likeness (QED) is 0.850. The number of rotatable bonds is 2. The van der Waals surface area contributed by atoms with Crippen LogP contribution in [0.15, 0.2) is 24.4 Å². The first-order valence-corrected chi connectivity index (χ1v) is 5.85. The zero-order chi connectivity index (χ0) is 12.4. The van der Waals surface area contributed by atoms with Gasteiger partial charge in [0.15, 0.2) is 0 Å². The molecule has 0 aliphatic heterocycles. The van der Waals surface area contributed by atoms with E-state index in [9.17, 15) is 8.78 Å². The van der Waals surface area contributed by atoms with E-state index in [0.717, 1.165) is 9.64 Å². The SMILES string of the molecule is Nc1nc(Cc2ccc(F)cc2F)ncc1I. The second kappa shape index (κ2) is 4.91. The summed E-state index contributed by atoms with van der Waals surface area (Å²) in [5.74, 6) is -0.438. The van der Waals surface area contributed by atoms with Crippen molar-refractivity contribution in [1.29, 1.82) is 0 Å². The molecule has 0 radical (unpaired) electrons. The van der Waals surface area contributed by atoms with E-state index in [0.29, 0.717) is 17.2 Å². The van der Waals surface area contributed by atoms with Crippen LogP contribution in [0.1, 0.15) is 11.4 Å². The Balaban J connectivity index is 2.28. The third-order valence-corrected chi connectivity index (χ3v) is 3.02. The first kappa shape index (κ1) is 12.2. The van der Waals surface area contributed by atoms with Crippen LogP contribution in [0, 0.1) is 15.2 Å². The highest BCUT2D eigenvalue weighted by molar-refractivity contribution is 14.1. The van der Waals surface area contributed by atoms with Crippen molar-refractivity contribution in [2.75, 3.05) is 5.73 Å². The van der Waals surface area contributed by atoms with Gasteiger partial charge in [0.1, 0.15) is 23.3 Å². The van der Waals surface area contributed by atoms with E-state index in [2.05, 4.69) is 9.97 Å². The average molecular weight is 347 g/mol. The van der Waals surface area contributed by atoms with Gasteiger partial charge in [-0.3, -0.25) is 0 Å². The average Bonchev–Trinajstić information content (AvgIpc) is 2.27. The minimum atomic E-state index is -0.606. The summed E-state index contributed by atoms with van der Waals surface area (Å²) in [4.78, 5) is 8.07. The predicted octanol–water partition coefficient (Wildman–Crippen LogP) is 2.53. The zero-order valence-electron chi connectivity index (χ0n) is 8.62. The number of hydrogen-bond acceptors (Lipinski definition) is 3. The largest absolute Gasteiger partial charge is 0.383 e. The standard InChI is InChI=1S/C11H8F2IN3/c12-7-2-1-6(8(13)4-7)3-10-16-5-9(14)11(15)17-10/h1-2,4-5H,3H2,(H2,15,16,17). The van der Waals surface area contributed by atoms with E-state index in [1.54, 1.807) is 6.20 Å². The lowest BCUT2D eigenvalue weighted by atomic mass is 10.1. The van der Waals surface area contributed by atoms with Gasteiger partial charge >= 0.3 is 0 Å². The summed E-state index contributed by atoms with van der Waals surface area (Å²) >= 11 is 2.01. The second-order valence-electron chi connectivity index (χ2n) is 3.43. The minimum Gasteiger partial charge on any atom is -0.383 e. The number of halogens is 3. The third kappa shape index (κ3) is 2.87. The Morgan fingerprint density at radius 1 is 1.29 bits per heavy atom. The Morgan fingerprint density at radius 3 is 2.71 bits per heavy atom. The van der Waals surface area contributed by atoms with Crippen molar-refractivity contribution >= 4 is 28.4 Å². The smallest absolute Gasteiger partial charge is 0.140 e. The molecule has 0 atom stereocenters. The molecule has 2 N–H and O–H groups in total. The molecule has 0 spiro atoms. The molecule has 88 valence electrons. The summed E-state index contributed by atoms with van der Waals surface area (Å²) in [6, 6.07) is 3.42. The number of nitrogen functional groups attached to an aromatic ring is 1. The monoisotopic (exact) mass is 347 g/mol. The zero-order valence-corrected chi connectivity index (χ0v) is 10.8. The van der Waals surface area contributed by atoms with E-state index in [4.69, 9.17) is 5.73 Å². The fourth-order valence-corrected chi connectivity index (χ4v) is 1.60. The predicted molar refractivity (Wildman–Crippen MR) is 68.3 cm³/mol.